The van der Waals surface area contributed by atoms with E-state index in [0.717, 1.165) is 5.56 Å². The summed E-state index contributed by atoms with van der Waals surface area (Å²) in [5.41, 5.74) is 1.55. The summed E-state index contributed by atoms with van der Waals surface area (Å²) < 4.78 is 15.9. The van der Waals surface area contributed by atoms with Crippen molar-refractivity contribution >= 4 is 17.5 Å². The summed E-state index contributed by atoms with van der Waals surface area (Å²) in [6.07, 6.45) is 0.539. The van der Waals surface area contributed by atoms with Gasteiger partial charge in [0.25, 0.3) is 0 Å². The molecule has 0 bridgehead atoms. The third-order valence-corrected chi connectivity index (χ3v) is 4.71. The molecule has 28 heavy (non-hydrogen) atoms. The molecule has 7 heteroatoms. The molecular formula is C21H24N2O5. The molecule has 2 aromatic rings. The lowest BCUT2D eigenvalue weighted by molar-refractivity contribution is -0.125. The SMILES string of the molecule is COc1cc(NC(=O)C2CC2C(=O)NCc2ccccc2)cc(OC)c1OC. The van der Waals surface area contributed by atoms with Crippen molar-refractivity contribution in [2.45, 2.75) is 13.0 Å². The number of carbonyl (C=O) groups excluding carboxylic acids is 2. The number of ether oxygens (including phenoxy) is 3. The summed E-state index contributed by atoms with van der Waals surface area (Å²) in [5.74, 6) is 0.409. The third kappa shape index (κ3) is 4.36. The second-order valence-electron chi connectivity index (χ2n) is 6.56. The van der Waals surface area contributed by atoms with E-state index in [1.54, 1.807) is 12.1 Å². The van der Waals surface area contributed by atoms with Gasteiger partial charge in [-0.2, -0.15) is 0 Å². The largest absolute Gasteiger partial charge is 0.493 e. The Morgan fingerprint density at radius 1 is 0.929 bits per heavy atom. The highest BCUT2D eigenvalue weighted by atomic mass is 16.5. The Morgan fingerprint density at radius 3 is 2.11 bits per heavy atom. The monoisotopic (exact) mass is 384 g/mol. The molecule has 1 aliphatic carbocycles. The molecule has 2 N–H and O–H groups in total. The molecule has 2 unspecified atom stereocenters. The second-order valence-corrected chi connectivity index (χ2v) is 6.56. The first-order chi connectivity index (χ1) is 13.6. The molecule has 3 rings (SSSR count). The highest BCUT2D eigenvalue weighted by Gasteiger charge is 2.48. The van der Waals surface area contributed by atoms with Gasteiger partial charge in [-0.05, 0) is 12.0 Å². The second kappa shape index (κ2) is 8.65. The van der Waals surface area contributed by atoms with Gasteiger partial charge in [0.05, 0.1) is 33.2 Å². The molecule has 0 aliphatic heterocycles. The van der Waals surface area contributed by atoms with Gasteiger partial charge in [0.15, 0.2) is 11.5 Å². The van der Waals surface area contributed by atoms with Crippen LogP contribution in [-0.4, -0.2) is 33.1 Å². The van der Waals surface area contributed by atoms with Crippen LogP contribution in [0.4, 0.5) is 5.69 Å². The fraction of sp³-hybridized carbons (Fsp3) is 0.333. The van der Waals surface area contributed by atoms with E-state index in [1.165, 1.54) is 21.3 Å². The third-order valence-electron chi connectivity index (χ3n) is 4.71. The molecular weight excluding hydrogens is 360 g/mol. The van der Waals surface area contributed by atoms with E-state index in [-0.39, 0.29) is 23.7 Å². The predicted octanol–water partition coefficient (Wildman–Crippen LogP) is 2.60. The van der Waals surface area contributed by atoms with Gasteiger partial charge >= 0.3 is 0 Å². The van der Waals surface area contributed by atoms with Crippen molar-refractivity contribution in [3.63, 3.8) is 0 Å². The maximum atomic E-state index is 12.5. The summed E-state index contributed by atoms with van der Waals surface area (Å²) in [5, 5.41) is 5.71. The zero-order valence-electron chi connectivity index (χ0n) is 16.2. The van der Waals surface area contributed by atoms with Crippen LogP contribution >= 0.6 is 0 Å². The maximum absolute atomic E-state index is 12.5. The number of methoxy groups -OCH3 is 3. The molecule has 7 nitrogen and oxygen atoms in total. The Morgan fingerprint density at radius 2 is 1.54 bits per heavy atom. The molecule has 0 spiro atoms. The molecule has 1 aliphatic rings. The van der Waals surface area contributed by atoms with Crippen molar-refractivity contribution in [1.29, 1.82) is 0 Å². The molecule has 0 radical (unpaired) electrons. The first kappa shape index (κ1) is 19.5. The van der Waals surface area contributed by atoms with Crippen molar-refractivity contribution in [3.05, 3.63) is 48.0 Å². The quantitative estimate of drug-likeness (QED) is 0.731. The van der Waals surface area contributed by atoms with Gasteiger partial charge < -0.3 is 24.8 Å². The topological polar surface area (TPSA) is 85.9 Å². The highest BCUT2D eigenvalue weighted by molar-refractivity contribution is 5.99. The Balaban J connectivity index is 1.58. The minimum Gasteiger partial charge on any atom is -0.493 e. The highest BCUT2D eigenvalue weighted by Crippen LogP contribution is 2.42. The van der Waals surface area contributed by atoms with Crippen LogP contribution in [0.2, 0.25) is 0 Å². The smallest absolute Gasteiger partial charge is 0.228 e. The van der Waals surface area contributed by atoms with Crippen molar-refractivity contribution < 1.29 is 23.8 Å². The van der Waals surface area contributed by atoms with E-state index in [9.17, 15) is 9.59 Å². The molecule has 0 saturated heterocycles. The summed E-state index contributed by atoms with van der Waals surface area (Å²) in [6, 6.07) is 13.0. The average Bonchev–Trinajstić information content (AvgIpc) is 3.53. The van der Waals surface area contributed by atoms with Crippen LogP contribution < -0.4 is 24.8 Å². The minimum atomic E-state index is -0.338. The number of hydrogen-bond donors (Lipinski definition) is 2. The van der Waals surface area contributed by atoms with Crippen LogP contribution in [0.3, 0.4) is 0 Å². The minimum absolute atomic E-state index is 0.103. The van der Waals surface area contributed by atoms with Gasteiger partial charge in [-0.3, -0.25) is 9.59 Å². The Labute approximate surface area is 164 Å². The van der Waals surface area contributed by atoms with E-state index in [4.69, 9.17) is 14.2 Å². The van der Waals surface area contributed by atoms with Crippen LogP contribution in [0, 0.1) is 11.8 Å². The number of nitrogens with one attached hydrogen (secondary N) is 2. The molecule has 1 fully saturated rings. The van der Waals surface area contributed by atoms with Gasteiger partial charge in [-0.1, -0.05) is 30.3 Å². The summed E-state index contributed by atoms with van der Waals surface area (Å²) in [4.78, 5) is 24.8. The fourth-order valence-corrected chi connectivity index (χ4v) is 3.08. The lowest BCUT2D eigenvalue weighted by Crippen LogP contribution is -2.27. The van der Waals surface area contributed by atoms with Crippen LogP contribution in [0.5, 0.6) is 17.2 Å². The first-order valence-corrected chi connectivity index (χ1v) is 9.00. The zero-order valence-corrected chi connectivity index (χ0v) is 16.2. The number of rotatable bonds is 8. The van der Waals surface area contributed by atoms with Gasteiger partial charge in [-0.25, -0.2) is 0 Å². The first-order valence-electron chi connectivity index (χ1n) is 9.00. The number of hydrogen-bond acceptors (Lipinski definition) is 5. The summed E-state index contributed by atoms with van der Waals surface area (Å²) in [7, 11) is 4.54. The van der Waals surface area contributed by atoms with Crippen molar-refractivity contribution in [2.75, 3.05) is 26.6 Å². The van der Waals surface area contributed by atoms with Crippen LogP contribution in [0.25, 0.3) is 0 Å². The van der Waals surface area contributed by atoms with Crippen LogP contribution in [0.15, 0.2) is 42.5 Å². The van der Waals surface area contributed by atoms with Gasteiger partial charge in [0, 0.05) is 24.4 Å². The van der Waals surface area contributed by atoms with Gasteiger partial charge in [0.2, 0.25) is 17.6 Å². The molecule has 2 aromatic carbocycles. The number of anilines is 1. The van der Waals surface area contributed by atoms with Crippen LogP contribution in [0.1, 0.15) is 12.0 Å². The lowest BCUT2D eigenvalue weighted by atomic mass is 10.2. The van der Waals surface area contributed by atoms with E-state index in [1.807, 2.05) is 30.3 Å². The molecule has 2 amide bonds. The van der Waals surface area contributed by atoms with E-state index in [2.05, 4.69) is 10.6 Å². The van der Waals surface area contributed by atoms with E-state index in [0.29, 0.717) is 35.9 Å². The predicted molar refractivity (Wildman–Crippen MR) is 105 cm³/mol. The molecule has 2 atom stereocenters. The average molecular weight is 384 g/mol. The Bertz CT molecular complexity index is 828. The normalized spacial score (nSPS) is 17.4. The maximum Gasteiger partial charge on any atom is 0.228 e. The van der Waals surface area contributed by atoms with Crippen molar-refractivity contribution in [1.82, 2.24) is 5.32 Å². The van der Waals surface area contributed by atoms with Crippen molar-refractivity contribution in [2.24, 2.45) is 11.8 Å². The van der Waals surface area contributed by atoms with Crippen LogP contribution in [-0.2, 0) is 16.1 Å². The summed E-state index contributed by atoms with van der Waals surface area (Å²) >= 11 is 0. The number of benzene rings is 2. The molecule has 0 aromatic heterocycles. The molecule has 0 heterocycles. The summed E-state index contributed by atoms with van der Waals surface area (Å²) in [6.45, 7) is 0.456. The van der Waals surface area contributed by atoms with E-state index < -0.39 is 0 Å². The van der Waals surface area contributed by atoms with Gasteiger partial charge in [0.1, 0.15) is 0 Å². The Hall–Kier alpha value is -3.22. The standard InChI is InChI=1S/C21H24N2O5/c1-26-17-9-14(10-18(27-2)19(17)28-3)23-21(25)16-11-15(16)20(24)22-12-13-7-5-4-6-8-13/h4-10,15-16H,11-12H2,1-3H3,(H,22,24)(H,23,25). The number of amides is 2. The van der Waals surface area contributed by atoms with Crippen molar-refractivity contribution in [3.8, 4) is 17.2 Å². The number of carbonyl (C=O) groups is 2. The fourth-order valence-electron chi connectivity index (χ4n) is 3.08. The lowest BCUT2D eigenvalue weighted by Gasteiger charge is -2.14. The van der Waals surface area contributed by atoms with E-state index >= 15 is 0 Å². The van der Waals surface area contributed by atoms with Gasteiger partial charge in [-0.15, -0.1) is 0 Å². The molecule has 148 valence electrons. The molecule has 1 saturated carbocycles. The zero-order chi connectivity index (χ0) is 20.1. The Kier molecular flexibility index (Phi) is 6.03.